The normalized spacial score (nSPS) is 16.7. The highest BCUT2D eigenvalue weighted by molar-refractivity contribution is 6.09. The average Bonchev–Trinajstić information content (AvgIpc) is 3.42. The van der Waals surface area contributed by atoms with Gasteiger partial charge in [-0.1, -0.05) is 0 Å². The molecule has 0 saturated carbocycles. The Labute approximate surface area is 144 Å². The quantitative estimate of drug-likeness (QED) is 0.788. The van der Waals surface area contributed by atoms with Crippen molar-refractivity contribution in [2.75, 3.05) is 22.9 Å². The lowest BCUT2D eigenvalue weighted by atomic mass is 10.3. The molecular formula is C17H17N7O. The standard InChI is InChI=1S/C17H17N7O/c25-17-14-10-24(21-15(14)11-23(17)13-8-19-20-9-13)12-3-4-16(18-7-12)22-5-1-2-6-22/h3-4,7-10H,1-2,5-6,11H2,(H,19,20). The first kappa shape index (κ1) is 14.2. The van der Waals surface area contributed by atoms with Crippen LogP contribution in [0.3, 0.4) is 0 Å². The molecule has 0 spiro atoms. The highest BCUT2D eigenvalue weighted by Gasteiger charge is 2.32. The molecule has 3 aromatic heterocycles. The predicted octanol–water partition coefficient (Wildman–Crippen LogP) is 1.75. The zero-order valence-electron chi connectivity index (χ0n) is 13.6. The Balaban J connectivity index is 1.40. The number of aromatic amines is 1. The van der Waals surface area contributed by atoms with Gasteiger partial charge in [-0.25, -0.2) is 9.67 Å². The summed E-state index contributed by atoms with van der Waals surface area (Å²) in [6.45, 7) is 2.60. The Hall–Kier alpha value is -3.16. The zero-order chi connectivity index (χ0) is 16.8. The number of H-pyrrole nitrogens is 1. The first-order valence-corrected chi connectivity index (χ1v) is 8.40. The molecule has 1 amide bonds. The Morgan fingerprint density at radius 2 is 1.96 bits per heavy atom. The average molecular weight is 335 g/mol. The molecule has 25 heavy (non-hydrogen) atoms. The fourth-order valence-electron chi connectivity index (χ4n) is 3.45. The molecular weight excluding hydrogens is 318 g/mol. The molecule has 5 rings (SSSR count). The summed E-state index contributed by atoms with van der Waals surface area (Å²) >= 11 is 0. The molecule has 0 unspecified atom stereocenters. The van der Waals surface area contributed by atoms with Crippen LogP contribution in [0.15, 0.2) is 36.9 Å². The van der Waals surface area contributed by atoms with Crippen LogP contribution in [0.25, 0.3) is 5.69 Å². The Kier molecular flexibility index (Phi) is 3.09. The Bertz CT molecular complexity index is 907. The van der Waals surface area contributed by atoms with Crippen molar-refractivity contribution in [1.82, 2.24) is 25.0 Å². The van der Waals surface area contributed by atoms with Gasteiger partial charge in [0.1, 0.15) is 5.82 Å². The molecule has 8 nitrogen and oxygen atoms in total. The van der Waals surface area contributed by atoms with Crippen molar-refractivity contribution in [3.05, 3.63) is 48.2 Å². The SMILES string of the molecule is O=C1c2cn(-c3ccc(N4CCCC4)nc3)nc2CN1c1cn[nH]c1. The molecule has 1 N–H and O–H groups in total. The van der Waals surface area contributed by atoms with Crippen LogP contribution in [-0.4, -0.2) is 44.0 Å². The number of hydrogen-bond acceptors (Lipinski definition) is 5. The van der Waals surface area contributed by atoms with Gasteiger partial charge in [-0.15, -0.1) is 0 Å². The molecule has 3 aromatic rings. The molecule has 8 heteroatoms. The van der Waals surface area contributed by atoms with Crippen molar-refractivity contribution in [2.24, 2.45) is 0 Å². The van der Waals surface area contributed by atoms with Crippen LogP contribution in [0.1, 0.15) is 28.9 Å². The largest absolute Gasteiger partial charge is 0.357 e. The topological polar surface area (TPSA) is 82.9 Å². The van der Waals surface area contributed by atoms with Crippen LogP contribution in [0.5, 0.6) is 0 Å². The number of carbonyl (C=O) groups excluding carboxylic acids is 1. The molecule has 2 aliphatic heterocycles. The number of hydrogen-bond donors (Lipinski definition) is 1. The van der Waals surface area contributed by atoms with Gasteiger partial charge in [0, 0.05) is 25.5 Å². The summed E-state index contributed by atoms with van der Waals surface area (Å²) in [5.41, 5.74) is 3.02. The summed E-state index contributed by atoms with van der Waals surface area (Å²) in [6.07, 6.45) is 9.39. The number of nitrogens with one attached hydrogen (secondary N) is 1. The van der Waals surface area contributed by atoms with Crippen molar-refractivity contribution in [2.45, 2.75) is 19.4 Å². The summed E-state index contributed by atoms with van der Waals surface area (Å²) in [4.78, 5) is 21.1. The van der Waals surface area contributed by atoms with Gasteiger partial charge in [0.15, 0.2) is 0 Å². The van der Waals surface area contributed by atoms with Crippen LogP contribution in [0, 0.1) is 0 Å². The minimum atomic E-state index is -0.0516. The van der Waals surface area contributed by atoms with E-state index in [1.807, 2.05) is 18.3 Å². The molecule has 0 aromatic carbocycles. The second-order valence-electron chi connectivity index (χ2n) is 6.35. The van der Waals surface area contributed by atoms with Gasteiger partial charge in [0.25, 0.3) is 5.91 Å². The van der Waals surface area contributed by atoms with Gasteiger partial charge in [-0.3, -0.25) is 14.8 Å². The number of nitrogens with zero attached hydrogens (tertiary/aromatic N) is 6. The van der Waals surface area contributed by atoms with Gasteiger partial charge in [0.2, 0.25) is 0 Å². The smallest absolute Gasteiger partial charge is 0.262 e. The van der Waals surface area contributed by atoms with E-state index in [0.717, 1.165) is 36.0 Å². The minimum absolute atomic E-state index is 0.0516. The van der Waals surface area contributed by atoms with E-state index >= 15 is 0 Å². The van der Waals surface area contributed by atoms with Gasteiger partial charge in [-0.2, -0.15) is 10.2 Å². The van der Waals surface area contributed by atoms with E-state index in [4.69, 9.17) is 0 Å². The molecule has 2 aliphatic rings. The van der Waals surface area contributed by atoms with Crippen molar-refractivity contribution in [3.63, 3.8) is 0 Å². The number of fused-ring (bicyclic) bond motifs is 1. The third-order valence-corrected chi connectivity index (χ3v) is 4.80. The van der Waals surface area contributed by atoms with Crippen molar-refractivity contribution in [3.8, 4) is 5.69 Å². The number of pyridine rings is 1. The number of anilines is 2. The maximum atomic E-state index is 12.6. The fraction of sp³-hybridized carbons (Fsp3) is 0.294. The molecule has 0 bridgehead atoms. The second kappa shape index (κ2) is 5.44. The summed E-state index contributed by atoms with van der Waals surface area (Å²) in [6, 6.07) is 4.02. The van der Waals surface area contributed by atoms with Crippen LogP contribution < -0.4 is 9.80 Å². The number of amides is 1. The lowest BCUT2D eigenvalue weighted by Gasteiger charge is -2.16. The van der Waals surface area contributed by atoms with Crippen molar-refractivity contribution < 1.29 is 4.79 Å². The predicted molar refractivity (Wildman–Crippen MR) is 91.9 cm³/mol. The van der Waals surface area contributed by atoms with Crippen LogP contribution >= 0.6 is 0 Å². The molecule has 126 valence electrons. The van der Waals surface area contributed by atoms with Gasteiger partial charge >= 0.3 is 0 Å². The van der Waals surface area contributed by atoms with E-state index in [0.29, 0.717) is 12.1 Å². The number of rotatable bonds is 3. The van der Waals surface area contributed by atoms with E-state index in [9.17, 15) is 4.79 Å². The maximum Gasteiger partial charge on any atom is 0.262 e. The fourth-order valence-corrected chi connectivity index (χ4v) is 3.45. The lowest BCUT2D eigenvalue weighted by molar-refractivity contribution is 0.0996. The van der Waals surface area contributed by atoms with Crippen LogP contribution in [0.4, 0.5) is 11.5 Å². The summed E-state index contributed by atoms with van der Waals surface area (Å²) in [5, 5.41) is 11.2. The summed E-state index contributed by atoms with van der Waals surface area (Å²) in [5.74, 6) is 0.951. The highest BCUT2D eigenvalue weighted by Crippen LogP contribution is 2.27. The third-order valence-electron chi connectivity index (χ3n) is 4.80. The van der Waals surface area contributed by atoms with E-state index in [2.05, 4.69) is 25.2 Å². The van der Waals surface area contributed by atoms with Crippen molar-refractivity contribution in [1.29, 1.82) is 0 Å². The summed E-state index contributed by atoms with van der Waals surface area (Å²) < 4.78 is 1.73. The molecule has 1 fully saturated rings. The summed E-state index contributed by atoms with van der Waals surface area (Å²) in [7, 11) is 0. The zero-order valence-corrected chi connectivity index (χ0v) is 13.6. The van der Waals surface area contributed by atoms with Crippen LogP contribution in [-0.2, 0) is 6.54 Å². The van der Waals surface area contributed by atoms with Gasteiger partial charge in [-0.05, 0) is 25.0 Å². The van der Waals surface area contributed by atoms with E-state index in [1.54, 1.807) is 28.2 Å². The monoisotopic (exact) mass is 335 g/mol. The van der Waals surface area contributed by atoms with E-state index < -0.39 is 0 Å². The van der Waals surface area contributed by atoms with Crippen molar-refractivity contribution >= 4 is 17.4 Å². The highest BCUT2D eigenvalue weighted by atomic mass is 16.2. The number of carbonyl (C=O) groups is 1. The molecule has 0 radical (unpaired) electrons. The Morgan fingerprint density at radius 3 is 2.64 bits per heavy atom. The van der Waals surface area contributed by atoms with Gasteiger partial charge < -0.3 is 4.90 Å². The van der Waals surface area contributed by atoms with E-state index in [1.165, 1.54) is 12.8 Å². The molecule has 1 saturated heterocycles. The second-order valence-corrected chi connectivity index (χ2v) is 6.35. The first-order chi connectivity index (χ1) is 12.3. The van der Waals surface area contributed by atoms with Gasteiger partial charge in [0.05, 0.1) is 41.6 Å². The molecule has 5 heterocycles. The number of aromatic nitrogens is 5. The minimum Gasteiger partial charge on any atom is -0.357 e. The molecule has 0 atom stereocenters. The molecule has 0 aliphatic carbocycles. The lowest BCUT2D eigenvalue weighted by Crippen LogP contribution is -2.23. The van der Waals surface area contributed by atoms with Crippen LogP contribution in [0.2, 0.25) is 0 Å². The third kappa shape index (κ3) is 2.29. The van der Waals surface area contributed by atoms with E-state index in [-0.39, 0.29) is 5.91 Å². The maximum absolute atomic E-state index is 12.6. The first-order valence-electron chi connectivity index (χ1n) is 8.40. The Morgan fingerprint density at radius 1 is 1.08 bits per heavy atom.